The summed E-state index contributed by atoms with van der Waals surface area (Å²) in [5.41, 5.74) is 8.00. The average Bonchev–Trinajstić information content (AvgIpc) is 2.40. The van der Waals surface area contributed by atoms with Crippen LogP contribution in [0.1, 0.15) is 45.7 Å². The van der Waals surface area contributed by atoms with E-state index in [0.29, 0.717) is 6.42 Å². The minimum absolute atomic E-state index is 0.239. The van der Waals surface area contributed by atoms with Crippen LogP contribution in [0.4, 0.5) is 0 Å². The molecule has 0 atom stereocenters. The average molecular weight is 247 g/mol. The van der Waals surface area contributed by atoms with Crippen molar-refractivity contribution in [3.8, 4) is 6.07 Å². The Morgan fingerprint density at radius 1 is 1.00 bits per heavy atom. The van der Waals surface area contributed by atoms with Crippen LogP contribution in [-0.2, 0) is 6.42 Å². The van der Waals surface area contributed by atoms with E-state index in [9.17, 15) is 0 Å². The number of rotatable bonds is 1. The fraction of sp³-hybridized carbons (Fsp3) is 0.278. The van der Waals surface area contributed by atoms with Crippen molar-refractivity contribution in [2.45, 2.75) is 32.6 Å². The van der Waals surface area contributed by atoms with Gasteiger partial charge in [-0.3, -0.25) is 0 Å². The zero-order chi connectivity index (χ0) is 13.4. The molecule has 2 aromatic rings. The Morgan fingerprint density at radius 3 is 2.00 bits per heavy atom. The number of hydrogen-bond acceptors (Lipinski definition) is 1. The molecular formula is C18H17N. The second-order valence-electron chi connectivity index (χ2n) is 5.50. The SMILES string of the molecule is Cc1ccc2c(c1)C(CC#N)c1cc(C)ccc1C2. The number of benzene rings is 2. The molecule has 0 saturated carbocycles. The Hall–Kier alpha value is -2.07. The van der Waals surface area contributed by atoms with Crippen molar-refractivity contribution < 1.29 is 0 Å². The highest BCUT2D eigenvalue weighted by molar-refractivity contribution is 5.51. The predicted molar refractivity (Wildman–Crippen MR) is 77.2 cm³/mol. The number of aryl methyl sites for hydroxylation is 2. The lowest BCUT2D eigenvalue weighted by Crippen LogP contribution is -2.14. The Morgan fingerprint density at radius 2 is 1.53 bits per heavy atom. The lowest BCUT2D eigenvalue weighted by atomic mass is 9.76. The monoisotopic (exact) mass is 247 g/mol. The van der Waals surface area contributed by atoms with Gasteiger partial charge in [0.25, 0.3) is 0 Å². The second-order valence-corrected chi connectivity index (χ2v) is 5.50. The summed E-state index contributed by atoms with van der Waals surface area (Å²) in [7, 11) is 0. The van der Waals surface area contributed by atoms with Crippen LogP contribution in [0.25, 0.3) is 0 Å². The van der Waals surface area contributed by atoms with E-state index in [0.717, 1.165) is 6.42 Å². The van der Waals surface area contributed by atoms with E-state index in [2.05, 4.69) is 56.3 Å². The molecule has 0 amide bonds. The van der Waals surface area contributed by atoms with Gasteiger partial charge in [0.15, 0.2) is 0 Å². The summed E-state index contributed by atoms with van der Waals surface area (Å²) >= 11 is 0. The number of fused-ring (bicyclic) bond motifs is 2. The minimum atomic E-state index is 0.239. The molecule has 0 N–H and O–H groups in total. The first-order chi connectivity index (χ1) is 9.19. The molecule has 1 heteroatoms. The molecule has 0 radical (unpaired) electrons. The first-order valence-corrected chi connectivity index (χ1v) is 6.75. The van der Waals surface area contributed by atoms with E-state index in [-0.39, 0.29) is 5.92 Å². The molecule has 19 heavy (non-hydrogen) atoms. The first kappa shape index (κ1) is 12.0. The van der Waals surface area contributed by atoms with Crippen molar-refractivity contribution in [2.24, 2.45) is 0 Å². The third-order valence-corrected chi connectivity index (χ3v) is 4.03. The second kappa shape index (κ2) is 4.55. The van der Waals surface area contributed by atoms with Crippen LogP contribution in [0.5, 0.6) is 0 Å². The largest absolute Gasteiger partial charge is 0.198 e. The Labute approximate surface area is 114 Å². The molecule has 1 aliphatic rings. The van der Waals surface area contributed by atoms with Crippen molar-refractivity contribution >= 4 is 0 Å². The smallest absolute Gasteiger partial charge is 0.0631 e. The Bertz CT molecular complexity index is 625. The number of nitriles is 1. The van der Waals surface area contributed by atoms with Crippen molar-refractivity contribution in [1.29, 1.82) is 5.26 Å². The molecule has 1 nitrogen and oxygen atoms in total. The third-order valence-electron chi connectivity index (χ3n) is 4.03. The molecule has 0 aromatic heterocycles. The van der Waals surface area contributed by atoms with Crippen LogP contribution < -0.4 is 0 Å². The predicted octanol–water partition coefficient (Wildman–Crippen LogP) is 4.25. The van der Waals surface area contributed by atoms with Crippen molar-refractivity contribution in [3.63, 3.8) is 0 Å². The number of hydrogen-bond donors (Lipinski definition) is 0. The summed E-state index contributed by atoms with van der Waals surface area (Å²) in [6.07, 6.45) is 1.56. The molecule has 0 spiro atoms. The lowest BCUT2D eigenvalue weighted by molar-refractivity contribution is 0.782. The van der Waals surface area contributed by atoms with E-state index in [1.165, 1.54) is 33.4 Å². The van der Waals surface area contributed by atoms with Gasteiger partial charge in [-0.25, -0.2) is 0 Å². The highest BCUT2D eigenvalue weighted by Crippen LogP contribution is 2.39. The van der Waals surface area contributed by atoms with Crippen LogP contribution in [0.2, 0.25) is 0 Å². The van der Waals surface area contributed by atoms with Gasteiger partial charge in [0, 0.05) is 12.3 Å². The summed E-state index contributed by atoms with van der Waals surface area (Å²) in [6.45, 7) is 4.24. The van der Waals surface area contributed by atoms with Gasteiger partial charge in [-0.1, -0.05) is 47.5 Å². The summed E-state index contributed by atoms with van der Waals surface area (Å²) in [5.74, 6) is 0.239. The fourth-order valence-electron chi connectivity index (χ4n) is 3.08. The maximum atomic E-state index is 9.16. The standard InChI is InChI=1S/C18H17N/c1-12-3-5-14-11-15-6-4-13(2)10-18(15)16(7-8-19)17(14)9-12/h3-6,9-10,16H,7,11H2,1-2H3. The summed E-state index contributed by atoms with van der Waals surface area (Å²) in [6, 6.07) is 15.6. The van der Waals surface area contributed by atoms with Crippen molar-refractivity contribution in [1.82, 2.24) is 0 Å². The summed E-state index contributed by atoms with van der Waals surface area (Å²) in [5, 5.41) is 9.16. The van der Waals surface area contributed by atoms with Gasteiger partial charge in [0.05, 0.1) is 6.07 Å². The van der Waals surface area contributed by atoms with Crippen LogP contribution in [0, 0.1) is 25.2 Å². The van der Waals surface area contributed by atoms with Gasteiger partial charge >= 0.3 is 0 Å². The number of nitrogens with zero attached hydrogens (tertiary/aromatic N) is 1. The third kappa shape index (κ3) is 2.04. The highest BCUT2D eigenvalue weighted by Gasteiger charge is 2.25. The van der Waals surface area contributed by atoms with E-state index in [4.69, 9.17) is 5.26 Å². The van der Waals surface area contributed by atoms with Gasteiger partial charge in [0.2, 0.25) is 0 Å². The van der Waals surface area contributed by atoms with E-state index >= 15 is 0 Å². The zero-order valence-corrected chi connectivity index (χ0v) is 11.4. The molecule has 0 saturated heterocycles. The van der Waals surface area contributed by atoms with Crippen LogP contribution >= 0.6 is 0 Å². The van der Waals surface area contributed by atoms with Crippen LogP contribution in [0.3, 0.4) is 0 Å². The maximum absolute atomic E-state index is 9.16. The van der Waals surface area contributed by atoms with E-state index in [1.54, 1.807) is 0 Å². The van der Waals surface area contributed by atoms with Crippen molar-refractivity contribution in [2.75, 3.05) is 0 Å². The maximum Gasteiger partial charge on any atom is 0.0631 e. The molecule has 0 unspecified atom stereocenters. The topological polar surface area (TPSA) is 23.8 Å². The van der Waals surface area contributed by atoms with E-state index < -0.39 is 0 Å². The fourth-order valence-corrected chi connectivity index (χ4v) is 3.08. The molecular weight excluding hydrogens is 230 g/mol. The Balaban J connectivity index is 2.19. The molecule has 3 rings (SSSR count). The van der Waals surface area contributed by atoms with Gasteiger partial charge in [-0.05, 0) is 42.5 Å². The molecule has 0 heterocycles. The highest BCUT2D eigenvalue weighted by atomic mass is 14.3. The zero-order valence-electron chi connectivity index (χ0n) is 11.4. The molecule has 94 valence electrons. The molecule has 1 aliphatic carbocycles. The quantitative estimate of drug-likeness (QED) is 0.739. The van der Waals surface area contributed by atoms with E-state index in [1.807, 2.05) is 0 Å². The summed E-state index contributed by atoms with van der Waals surface area (Å²) < 4.78 is 0. The first-order valence-electron chi connectivity index (χ1n) is 6.75. The molecule has 0 bridgehead atoms. The van der Waals surface area contributed by atoms with Gasteiger partial charge < -0.3 is 0 Å². The minimum Gasteiger partial charge on any atom is -0.198 e. The van der Waals surface area contributed by atoms with Crippen LogP contribution in [0.15, 0.2) is 36.4 Å². The molecule has 2 aromatic carbocycles. The normalized spacial score (nSPS) is 13.5. The molecule has 0 fully saturated rings. The summed E-state index contributed by atoms with van der Waals surface area (Å²) in [4.78, 5) is 0. The Kier molecular flexibility index (Phi) is 2.87. The van der Waals surface area contributed by atoms with Gasteiger partial charge in [-0.15, -0.1) is 0 Å². The lowest BCUT2D eigenvalue weighted by Gasteiger charge is -2.28. The molecule has 0 aliphatic heterocycles. The van der Waals surface area contributed by atoms with Gasteiger partial charge in [-0.2, -0.15) is 5.26 Å². The van der Waals surface area contributed by atoms with Crippen LogP contribution in [-0.4, -0.2) is 0 Å². The van der Waals surface area contributed by atoms with Crippen molar-refractivity contribution in [3.05, 3.63) is 69.8 Å². The van der Waals surface area contributed by atoms with Gasteiger partial charge in [0.1, 0.15) is 0 Å².